The van der Waals surface area contributed by atoms with Gasteiger partial charge in [0, 0.05) is 29.2 Å². The molecule has 1 aliphatic heterocycles. The minimum Gasteiger partial charge on any atom is -0.478 e. The van der Waals surface area contributed by atoms with Crippen LogP contribution in [0.3, 0.4) is 0 Å². The second kappa shape index (κ2) is 6.43. The molecule has 0 atom stereocenters. The Kier molecular flexibility index (Phi) is 4.60. The highest BCUT2D eigenvalue weighted by atomic mass is 16.4. The van der Waals surface area contributed by atoms with E-state index in [0.29, 0.717) is 24.2 Å². The van der Waals surface area contributed by atoms with E-state index in [4.69, 9.17) is 0 Å². The summed E-state index contributed by atoms with van der Waals surface area (Å²) in [6, 6.07) is 5.49. The first kappa shape index (κ1) is 15.8. The molecule has 1 aromatic heterocycles. The molecule has 0 saturated heterocycles. The Balaban J connectivity index is 2.33. The molecule has 2 rings (SSSR count). The molecule has 6 heteroatoms. The van der Waals surface area contributed by atoms with Gasteiger partial charge >= 0.3 is 11.9 Å². The van der Waals surface area contributed by atoms with Gasteiger partial charge in [-0.25, -0.2) is 9.59 Å². The Bertz CT molecular complexity index is 626. The predicted octanol–water partition coefficient (Wildman–Crippen LogP) is 1.95. The summed E-state index contributed by atoms with van der Waals surface area (Å²) >= 11 is 0. The van der Waals surface area contributed by atoms with Crippen LogP contribution in [-0.4, -0.2) is 27.1 Å². The molecule has 2 heterocycles. The van der Waals surface area contributed by atoms with Crippen molar-refractivity contribution in [3.8, 4) is 0 Å². The molecule has 3 N–H and O–H groups in total. The number of aliphatic carboxylic acids is 2. The largest absolute Gasteiger partial charge is 0.478 e. The fraction of sp³-hybridized carbons (Fsp3) is 0.312. The van der Waals surface area contributed by atoms with Gasteiger partial charge < -0.3 is 15.5 Å². The zero-order valence-electron chi connectivity index (χ0n) is 12.5. The average molecular weight is 302 g/mol. The lowest BCUT2D eigenvalue weighted by Crippen LogP contribution is -2.32. The van der Waals surface area contributed by atoms with E-state index in [9.17, 15) is 19.8 Å². The van der Waals surface area contributed by atoms with Crippen molar-refractivity contribution in [2.45, 2.75) is 26.7 Å². The van der Waals surface area contributed by atoms with Crippen LogP contribution in [0, 0.1) is 5.92 Å². The minimum atomic E-state index is -1.10. The summed E-state index contributed by atoms with van der Waals surface area (Å²) in [5, 5.41) is 21.7. The number of rotatable bonds is 5. The Morgan fingerprint density at radius 3 is 2.18 bits per heavy atom. The normalized spacial score (nSPS) is 15.7. The molecule has 0 aliphatic carbocycles. The molecule has 0 unspecified atom stereocenters. The summed E-state index contributed by atoms with van der Waals surface area (Å²) in [6.07, 6.45) is 2.56. The Hall–Kier alpha value is -2.63. The third-order valence-electron chi connectivity index (χ3n) is 3.76. The third-order valence-corrected chi connectivity index (χ3v) is 3.76. The number of aryl methyl sites for hydroxylation is 1. The Morgan fingerprint density at radius 1 is 1.14 bits per heavy atom. The van der Waals surface area contributed by atoms with Crippen molar-refractivity contribution in [1.82, 2.24) is 10.3 Å². The van der Waals surface area contributed by atoms with E-state index in [1.165, 1.54) is 0 Å². The second-order valence-electron chi connectivity index (χ2n) is 5.22. The molecule has 0 saturated carbocycles. The minimum absolute atomic E-state index is 0.110. The van der Waals surface area contributed by atoms with E-state index in [-0.39, 0.29) is 11.1 Å². The first-order valence-corrected chi connectivity index (χ1v) is 6.97. The summed E-state index contributed by atoms with van der Waals surface area (Å²) in [5.41, 5.74) is 2.01. The topological polar surface area (TPSA) is 99.5 Å². The summed E-state index contributed by atoms with van der Waals surface area (Å²) < 4.78 is 0. The van der Waals surface area contributed by atoms with Crippen LogP contribution < -0.4 is 5.32 Å². The van der Waals surface area contributed by atoms with Gasteiger partial charge in [0.1, 0.15) is 0 Å². The molecule has 1 aliphatic rings. The number of pyridine rings is 1. The molecule has 0 radical (unpaired) electrons. The van der Waals surface area contributed by atoms with Crippen LogP contribution in [0.15, 0.2) is 46.9 Å². The number of hydrogen-bond donors (Lipinski definition) is 3. The first-order chi connectivity index (χ1) is 10.4. The van der Waals surface area contributed by atoms with Gasteiger partial charge in [-0.15, -0.1) is 0 Å². The van der Waals surface area contributed by atoms with Crippen LogP contribution >= 0.6 is 0 Å². The lowest BCUT2D eigenvalue weighted by atomic mass is 9.82. The number of nitrogens with one attached hydrogen (secondary N) is 1. The number of hydrogen-bond acceptors (Lipinski definition) is 4. The van der Waals surface area contributed by atoms with Crippen molar-refractivity contribution < 1.29 is 19.8 Å². The Labute approximate surface area is 128 Å². The van der Waals surface area contributed by atoms with E-state index in [2.05, 4.69) is 10.3 Å². The zero-order valence-corrected chi connectivity index (χ0v) is 12.5. The van der Waals surface area contributed by atoms with E-state index in [0.717, 1.165) is 5.69 Å². The molecular formula is C16H18N2O4. The fourth-order valence-corrected chi connectivity index (χ4v) is 2.83. The number of dihydropyridines is 1. The van der Waals surface area contributed by atoms with Crippen molar-refractivity contribution in [1.29, 1.82) is 0 Å². The van der Waals surface area contributed by atoms with Gasteiger partial charge in [0.15, 0.2) is 0 Å². The standard InChI is InChI=1S/C16H18N2O4/c1-9-13(15(19)20)12(14(16(21)22)10(2)18-9)7-6-11-5-3-4-8-17-11/h3-5,8,12,18H,6-7H2,1-2H3,(H,19,20)(H,21,22). The van der Waals surface area contributed by atoms with Crippen LogP contribution in [0.4, 0.5) is 0 Å². The average Bonchev–Trinajstić information content (AvgIpc) is 2.44. The maximum absolute atomic E-state index is 11.5. The van der Waals surface area contributed by atoms with Gasteiger partial charge in [-0.05, 0) is 38.8 Å². The molecule has 0 amide bonds. The highest BCUT2D eigenvalue weighted by Gasteiger charge is 2.34. The maximum Gasteiger partial charge on any atom is 0.333 e. The van der Waals surface area contributed by atoms with E-state index >= 15 is 0 Å². The predicted molar refractivity (Wildman–Crippen MR) is 79.9 cm³/mol. The van der Waals surface area contributed by atoms with Gasteiger partial charge in [0.2, 0.25) is 0 Å². The molecule has 0 fully saturated rings. The lowest BCUT2D eigenvalue weighted by Gasteiger charge is -2.28. The number of carboxylic acid groups (broad SMARTS) is 2. The van der Waals surface area contributed by atoms with Crippen molar-refractivity contribution in [2.75, 3.05) is 0 Å². The van der Waals surface area contributed by atoms with Gasteiger partial charge in [0.05, 0.1) is 11.1 Å². The van der Waals surface area contributed by atoms with E-state index < -0.39 is 17.9 Å². The van der Waals surface area contributed by atoms with Gasteiger partial charge in [-0.3, -0.25) is 4.98 Å². The van der Waals surface area contributed by atoms with Crippen molar-refractivity contribution in [2.24, 2.45) is 5.92 Å². The highest BCUT2D eigenvalue weighted by Crippen LogP contribution is 2.33. The van der Waals surface area contributed by atoms with E-state index in [1.54, 1.807) is 26.1 Å². The van der Waals surface area contributed by atoms with Gasteiger partial charge in [-0.2, -0.15) is 0 Å². The number of nitrogens with zero attached hydrogens (tertiary/aromatic N) is 1. The maximum atomic E-state index is 11.5. The van der Waals surface area contributed by atoms with E-state index in [1.807, 2.05) is 12.1 Å². The molecule has 0 aromatic carbocycles. The zero-order chi connectivity index (χ0) is 16.3. The Morgan fingerprint density at radius 2 is 1.73 bits per heavy atom. The van der Waals surface area contributed by atoms with Crippen molar-refractivity contribution in [3.63, 3.8) is 0 Å². The molecule has 1 aromatic rings. The number of carboxylic acids is 2. The quantitative estimate of drug-likeness (QED) is 0.769. The molecule has 0 bridgehead atoms. The van der Waals surface area contributed by atoms with Gasteiger partial charge in [-0.1, -0.05) is 6.07 Å². The highest BCUT2D eigenvalue weighted by molar-refractivity contribution is 5.96. The van der Waals surface area contributed by atoms with Crippen molar-refractivity contribution in [3.05, 3.63) is 52.6 Å². The SMILES string of the molecule is CC1=C(C(=O)O)C(CCc2ccccn2)C(C(=O)O)=C(C)N1. The van der Waals surface area contributed by atoms with Crippen LogP contribution in [-0.2, 0) is 16.0 Å². The summed E-state index contributed by atoms with van der Waals surface area (Å²) in [6.45, 7) is 3.30. The number of aromatic nitrogens is 1. The summed E-state index contributed by atoms with van der Waals surface area (Å²) in [5.74, 6) is -2.84. The van der Waals surface area contributed by atoms with Crippen LogP contribution in [0.5, 0.6) is 0 Å². The molecule has 116 valence electrons. The van der Waals surface area contributed by atoms with Crippen LogP contribution in [0.25, 0.3) is 0 Å². The number of carbonyl (C=O) groups is 2. The lowest BCUT2D eigenvalue weighted by molar-refractivity contribution is -0.134. The van der Waals surface area contributed by atoms with Crippen LogP contribution in [0.1, 0.15) is 26.0 Å². The van der Waals surface area contributed by atoms with Crippen molar-refractivity contribution >= 4 is 11.9 Å². The fourth-order valence-electron chi connectivity index (χ4n) is 2.83. The third kappa shape index (κ3) is 3.16. The first-order valence-electron chi connectivity index (χ1n) is 6.97. The monoisotopic (exact) mass is 302 g/mol. The molecule has 0 spiro atoms. The molecule has 22 heavy (non-hydrogen) atoms. The summed E-state index contributed by atoms with van der Waals surface area (Å²) in [4.78, 5) is 27.3. The molecule has 6 nitrogen and oxygen atoms in total. The second-order valence-corrected chi connectivity index (χ2v) is 5.22. The summed E-state index contributed by atoms with van der Waals surface area (Å²) in [7, 11) is 0. The van der Waals surface area contributed by atoms with Crippen LogP contribution in [0.2, 0.25) is 0 Å². The molecular weight excluding hydrogens is 284 g/mol. The smallest absolute Gasteiger partial charge is 0.333 e. The number of allylic oxidation sites excluding steroid dienone is 2. The van der Waals surface area contributed by atoms with Gasteiger partial charge in [0.25, 0.3) is 0 Å².